The summed E-state index contributed by atoms with van der Waals surface area (Å²) in [5.74, 6) is 2.14. The van der Waals surface area contributed by atoms with Crippen molar-refractivity contribution in [2.45, 2.75) is 12.1 Å². The first-order chi connectivity index (χ1) is 17.0. The summed E-state index contributed by atoms with van der Waals surface area (Å²) in [5.41, 5.74) is 3.43. The maximum atomic E-state index is 12.6. The maximum Gasteiger partial charge on any atom is 0.234 e. The van der Waals surface area contributed by atoms with Crippen molar-refractivity contribution in [2.75, 3.05) is 32.4 Å². The van der Waals surface area contributed by atoms with Crippen LogP contribution in [0.3, 0.4) is 0 Å². The van der Waals surface area contributed by atoms with Gasteiger partial charge in [-0.05, 0) is 48.9 Å². The third kappa shape index (κ3) is 5.41. The lowest BCUT2D eigenvalue weighted by atomic mass is 10.1. The Morgan fingerprint density at radius 3 is 2.26 bits per heavy atom. The Morgan fingerprint density at radius 2 is 1.63 bits per heavy atom. The van der Waals surface area contributed by atoms with Crippen molar-refractivity contribution < 1.29 is 19.0 Å². The minimum atomic E-state index is -0.127. The number of benzene rings is 3. The number of amides is 1. The van der Waals surface area contributed by atoms with Crippen molar-refractivity contribution in [1.82, 2.24) is 14.8 Å². The van der Waals surface area contributed by atoms with Gasteiger partial charge in [0.1, 0.15) is 0 Å². The Morgan fingerprint density at radius 1 is 0.914 bits per heavy atom. The number of ether oxygens (including phenoxy) is 3. The van der Waals surface area contributed by atoms with Gasteiger partial charge in [0.2, 0.25) is 11.7 Å². The number of rotatable bonds is 9. The number of carbonyl (C=O) groups excluding carboxylic acids is 1. The normalized spacial score (nSPS) is 10.6. The van der Waals surface area contributed by atoms with Crippen LogP contribution in [0.4, 0.5) is 5.69 Å². The molecular weight excluding hydrogens is 464 g/mol. The fourth-order valence-corrected chi connectivity index (χ4v) is 4.37. The van der Waals surface area contributed by atoms with Crippen LogP contribution in [-0.2, 0) is 4.79 Å². The molecule has 9 heteroatoms. The number of anilines is 1. The number of para-hydroxylation sites is 1. The highest BCUT2D eigenvalue weighted by molar-refractivity contribution is 7.99. The summed E-state index contributed by atoms with van der Waals surface area (Å²) < 4.78 is 18.4. The summed E-state index contributed by atoms with van der Waals surface area (Å²) >= 11 is 1.31. The number of hydrogen-bond acceptors (Lipinski definition) is 7. The van der Waals surface area contributed by atoms with Gasteiger partial charge in [-0.3, -0.25) is 9.36 Å². The van der Waals surface area contributed by atoms with Crippen LogP contribution in [0, 0.1) is 6.92 Å². The molecule has 8 nitrogen and oxygen atoms in total. The minimum Gasteiger partial charge on any atom is -0.493 e. The Hall–Kier alpha value is -3.98. The van der Waals surface area contributed by atoms with Crippen molar-refractivity contribution in [1.29, 1.82) is 0 Å². The molecular formula is C26H26N4O4S. The quantitative estimate of drug-likeness (QED) is 0.330. The molecule has 0 saturated heterocycles. The van der Waals surface area contributed by atoms with E-state index in [0.717, 1.165) is 22.5 Å². The molecule has 4 rings (SSSR count). The first kappa shape index (κ1) is 24.2. The zero-order valence-corrected chi connectivity index (χ0v) is 20.8. The lowest BCUT2D eigenvalue weighted by Crippen LogP contribution is -2.14. The van der Waals surface area contributed by atoms with Gasteiger partial charge in [-0.1, -0.05) is 42.1 Å². The van der Waals surface area contributed by atoms with Gasteiger partial charge in [-0.2, -0.15) is 0 Å². The van der Waals surface area contributed by atoms with E-state index in [2.05, 4.69) is 15.5 Å². The van der Waals surface area contributed by atoms with Gasteiger partial charge in [-0.15, -0.1) is 10.2 Å². The first-order valence-corrected chi connectivity index (χ1v) is 11.8. The van der Waals surface area contributed by atoms with Crippen LogP contribution in [0.1, 0.15) is 5.56 Å². The summed E-state index contributed by atoms with van der Waals surface area (Å²) in [5, 5.41) is 12.4. The number of methoxy groups -OCH3 is 3. The molecule has 0 unspecified atom stereocenters. The SMILES string of the molecule is COc1cc(-c2nnc(SCC(=O)Nc3cccc(C)c3)n2-c2ccccc2)cc(OC)c1OC. The van der Waals surface area contributed by atoms with E-state index < -0.39 is 0 Å². The second kappa shape index (κ2) is 11.0. The highest BCUT2D eigenvalue weighted by Crippen LogP contribution is 2.41. The molecule has 35 heavy (non-hydrogen) atoms. The molecule has 1 aromatic heterocycles. The smallest absolute Gasteiger partial charge is 0.234 e. The molecule has 0 bridgehead atoms. The van der Waals surface area contributed by atoms with Gasteiger partial charge in [0, 0.05) is 16.9 Å². The van der Waals surface area contributed by atoms with E-state index >= 15 is 0 Å². The van der Waals surface area contributed by atoms with Gasteiger partial charge >= 0.3 is 0 Å². The highest BCUT2D eigenvalue weighted by atomic mass is 32.2. The van der Waals surface area contributed by atoms with Gasteiger partial charge in [0.15, 0.2) is 22.5 Å². The molecule has 1 N–H and O–H groups in total. The Kier molecular flexibility index (Phi) is 7.57. The Labute approximate surface area is 208 Å². The third-order valence-corrected chi connectivity index (χ3v) is 6.13. The van der Waals surface area contributed by atoms with Gasteiger partial charge < -0.3 is 19.5 Å². The van der Waals surface area contributed by atoms with E-state index in [1.54, 1.807) is 21.3 Å². The molecule has 3 aromatic carbocycles. The van der Waals surface area contributed by atoms with Crippen molar-refractivity contribution in [3.63, 3.8) is 0 Å². The van der Waals surface area contributed by atoms with E-state index in [9.17, 15) is 4.79 Å². The minimum absolute atomic E-state index is 0.127. The van der Waals surface area contributed by atoms with Gasteiger partial charge in [0.05, 0.1) is 27.1 Å². The fourth-order valence-electron chi connectivity index (χ4n) is 3.62. The first-order valence-electron chi connectivity index (χ1n) is 10.8. The van der Waals surface area contributed by atoms with E-state index in [0.29, 0.717) is 28.2 Å². The second-order valence-electron chi connectivity index (χ2n) is 7.60. The van der Waals surface area contributed by atoms with Crippen LogP contribution in [0.15, 0.2) is 71.9 Å². The molecule has 1 amide bonds. The fraction of sp³-hybridized carbons (Fsp3) is 0.192. The molecule has 0 atom stereocenters. The van der Waals surface area contributed by atoms with Crippen LogP contribution in [-0.4, -0.2) is 47.8 Å². The number of nitrogens with zero attached hydrogens (tertiary/aromatic N) is 3. The topological polar surface area (TPSA) is 87.5 Å². The number of aryl methyl sites for hydroxylation is 1. The molecule has 0 aliphatic rings. The molecule has 4 aromatic rings. The highest BCUT2D eigenvalue weighted by Gasteiger charge is 2.21. The zero-order valence-electron chi connectivity index (χ0n) is 19.9. The van der Waals surface area contributed by atoms with Crippen LogP contribution >= 0.6 is 11.8 Å². The average molecular weight is 491 g/mol. The predicted molar refractivity (Wildman–Crippen MR) is 137 cm³/mol. The number of aromatic nitrogens is 3. The lowest BCUT2D eigenvalue weighted by molar-refractivity contribution is -0.113. The van der Waals surface area contributed by atoms with Crippen LogP contribution in [0.2, 0.25) is 0 Å². The molecule has 0 spiro atoms. The van der Waals surface area contributed by atoms with Crippen LogP contribution in [0.25, 0.3) is 17.1 Å². The van der Waals surface area contributed by atoms with E-state index in [1.807, 2.05) is 78.2 Å². The summed E-state index contributed by atoms with van der Waals surface area (Å²) in [6.07, 6.45) is 0. The summed E-state index contributed by atoms with van der Waals surface area (Å²) in [6, 6.07) is 21.1. The summed E-state index contributed by atoms with van der Waals surface area (Å²) in [6.45, 7) is 1.98. The van der Waals surface area contributed by atoms with E-state index in [1.165, 1.54) is 11.8 Å². The molecule has 0 saturated carbocycles. The zero-order chi connectivity index (χ0) is 24.8. The number of hydrogen-bond donors (Lipinski definition) is 1. The van der Waals surface area contributed by atoms with Gasteiger partial charge in [0.25, 0.3) is 0 Å². The van der Waals surface area contributed by atoms with Crippen molar-refractivity contribution >= 4 is 23.4 Å². The number of nitrogens with one attached hydrogen (secondary N) is 1. The predicted octanol–water partition coefficient (Wildman–Crippen LogP) is 5.00. The van der Waals surface area contributed by atoms with Crippen LogP contribution < -0.4 is 19.5 Å². The molecule has 0 aliphatic heterocycles. The molecule has 0 fully saturated rings. The summed E-state index contributed by atoms with van der Waals surface area (Å²) in [7, 11) is 4.69. The van der Waals surface area contributed by atoms with Crippen LogP contribution in [0.5, 0.6) is 17.2 Å². The maximum absolute atomic E-state index is 12.6. The lowest BCUT2D eigenvalue weighted by Gasteiger charge is -2.15. The molecule has 1 heterocycles. The Bertz CT molecular complexity index is 1300. The average Bonchev–Trinajstić information content (AvgIpc) is 3.31. The van der Waals surface area contributed by atoms with Crippen molar-refractivity contribution in [3.05, 3.63) is 72.3 Å². The third-order valence-electron chi connectivity index (χ3n) is 5.20. The van der Waals surface area contributed by atoms with E-state index in [4.69, 9.17) is 14.2 Å². The largest absolute Gasteiger partial charge is 0.493 e. The molecule has 0 radical (unpaired) electrons. The standard InChI is InChI=1S/C26H26N4O4S/c1-17-9-8-10-19(13-17)27-23(31)16-35-26-29-28-25(30(26)20-11-6-5-7-12-20)18-14-21(32-2)24(34-4)22(15-18)33-3/h5-15H,16H2,1-4H3,(H,27,31). The second-order valence-corrected chi connectivity index (χ2v) is 8.54. The molecule has 0 aliphatic carbocycles. The van der Waals surface area contributed by atoms with Crippen molar-refractivity contribution in [3.8, 4) is 34.3 Å². The Balaban J connectivity index is 1.68. The van der Waals surface area contributed by atoms with E-state index in [-0.39, 0.29) is 11.7 Å². The monoisotopic (exact) mass is 490 g/mol. The molecule has 180 valence electrons. The van der Waals surface area contributed by atoms with Crippen molar-refractivity contribution in [2.24, 2.45) is 0 Å². The number of thioether (sulfide) groups is 1. The van der Waals surface area contributed by atoms with Gasteiger partial charge in [-0.25, -0.2) is 0 Å². The summed E-state index contributed by atoms with van der Waals surface area (Å²) in [4.78, 5) is 12.6. The number of carbonyl (C=O) groups is 1.